The van der Waals surface area contributed by atoms with Crippen molar-refractivity contribution in [2.24, 2.45) is 4.99 Å². The molecule has 5 aliphatic rings. The molecule has 6 aromatic carbocycles. The number of hydrogen-bond donors (Lipinski definition) is 1. The molecule has 1 N–H and O–H groups in total. The number of nitrogens with zero attached hydrogens (tertiary/aromatic N) is 3. The van der Waals surface area contributed by atoms with Crippen molar-refractivity contribution in [1.82, 2.24) is 4.57 Å². The third-order valence-corrected chi connectivity index (χ3v) is 13.0. The van der Waals surface area contributed by atoms with Crippen LogP contribution >= 0.6 is 0 Å². The Balaban J connectivity index is 0.948. The van der Waals surface area contributed by atoms with Crippen LogP contribution in [0.3, 0.4) is 0 Å². The first-order chi connectivity index (χ1) is 28.3. The third-order valence-electron chi connectivity index (χ3n) is 13.0. The van der Waals surface area contributed by atoms with Gasteiger partial charge in [0, 0.05) is 46.3 Å². The van der Waals surface area contributed by atoms with Crippen molar-refractivity contribution in [3.63, 3.8) is 0 Å². The summed E-state index contributed by atoms with van der Waals surface area (Å²) >= 11 is 0. The van der Waals surface area contributed by atoms with E-state index in [1.54, 1.807) is 0 Å². The largest absolute Gasteiger partial charge is 0.360 e. The van der Waals surface area contributed by atoms with Gasteiger partial charge < -0.3 is 10.2 Å². The fraction of sp³-hybridized carbons (Fsp3) is 0.113. The number of benzene rings is 6. The lowest BCUT2D eigenvalue weighted by molar-refractivity contribution is 0.713. The van der Waals surface area contributed by atoms with Gasteiger partial charge in [0.2, 0.25) is 0 Å². The minimum absolute atomic E-state index is 0.0280. The van der Waals surface area contributed by atoms with Crippen molar-refractivity contribution in [3.8, 4) is 16.8 Å². The quantitative estimate of drug-likeness (QED) is 0.191. The zero-order valence-corrected chi connectivity index (χ0v) is 31.5. The molecular weight excluding hydrogens is 693 g/mol. The van der Waals surface area contributed by atoms with Crippen LogP contribution in [0.2, 0.25) is 0 Å². The van der Waals surface area contributed by atoms with Crippen LogP contribution in [0.4, 0.5) is 17.2 Å². The van der Waals surface area contributed by atoms with Gasteiger partial charge in [0.1, 0.15) is 5.82 Å². The van der Waals surface area contributed by atoms with E-state index in [-0.39, 0.29) is 23.4 Å². The average Bonchev–Trinajstić information content (AvgIpc) is 3.90. The minimum atomic E-state index is -0.383. The number of aromatic nitrogens is 1. The highest BCUT2D eigenvalue weighted by Crippen LogP contribution is 2.61. The van der Waals surface area contributed by atoms with E-state index in [1.807, 2.05) is 6.20 Å². The standard InChI is InChI=1S/C53H40N4/c1-3-13-37(14-4-1)53(38-15-5-2-6-16-38)46-20-10-7-19-43(46)51-47(53)33-44-41-17-8-12-22-49(41)57(52(44)55-51)40-29-25-36(26-30-40)35-23-27-39(28-24-35)56-48-21-11-9-18-42(48)45-34-54-32-31-50(45)56/h1,3-5,7-34,45,50-51,55H,2,6H2. The number of anilines is 3. The second-order valence-corrected chi connectivity index (χ2v) is 15.8. The number of rotatable bonds is 5. The molecule has 4 nitrogen and oxygen atoms in total. The molecule has 272 valence electrons. The number of aliphatic imine (C=N–C) groups is 1. The number of para-hydroxylation sites is 2. The van der Waals surface area contributed by atoms with E-state index in [9.17, 15) is 0 Å². The lowest BCUT2D eigenvalue weighted by Crippen LogP contribution is -2.32. The van der Waals surface area contributed by atoms with Gasteiger partial charge in [-0.15, -0.1) is 0 Å². The summed E-state index contributed by atoms with van der Waals surface area (Å²) in [4.78, 5) is 6.93. The van der Waals surface area contributed by atoms with Gasteiger partial charge in [-0.2, -0.15) is 0 Å². The van der Waals surface area contributed by atoms with E-state index in [1.165, 1.54) is 72.4 Å². The van der Waals surface area contributed by atoms with Gasteiger partial charge in [0.15, 0.2) is 0 Å². The van der Waals surface area contributed by atoms with Crippen molar-refractivity contribution in [1.29, 1.82) is 0 Å². The Bertz CT molecular complexity index is 2890. The Morgan fingerprint density at radius 1 is 0.667 bits per heavy atom. The number of fused-ring (bicyclic) bond motifs is 9. The topological polar surface area (TPSA) is 32.6 Å². The maximum absolute atomic E-state index is 4.48. The zero-order valence-electron chi connectivity index (χ0n) is 31.5. The van der Waals surface area contributed by atoms with Gasteiger partial charge in [-0.3, -0.25) is 9.56 Å². The summed E-state index contributed by atoms with van der Waals surface area (Å²) in [5, 5.41) is 5.42. The first-order valence-corrected chi connectivity index (χ1v) is 20.2. The van der Waals surface area contributed by atoms with Crippen LogP contribution < -0.4 is 10.2 Å². The highest BCUT2D eigenvalue weighted by atomic mass is 15.2. The molecule has 7 aromatic rings. The monoisotopic (exact) mass is 732 g/mol. The molecule has 12 rings (SSSR count). The number of allylic oxidation sites excluding steroid dienone is 4. The van der Waals surface area contributed by atoms with Crippen molar-refractivity contribution >= 4 is 40.4 Å². The maximum atomic E-state index is 4.48. The van der Waals surface area contributed by atoms with Crippen molar-refractivity contribution in [3.05, 3.63) is 221 Å². The molecule has 0 bridgehead atoms. The van der Waals surface area contributed by atoms with Crippen LogP contribution in [0.5, 0.6) is 0 Å². The van der Waals surface area contributed by atoms with Crippen molar-refractivity contribution < 1.29 is 0 Å². The molecule has 4 atom stereocenters. The Morgan fingerprint density at radius 3 is 2.19 bits per heavy atom. The number of nitrogens with one attached hydrogen (secondary N) is 1. The Kier molecular flexibility index (Phi) is 7.12. The summed E-state index contributed by atoms with van der Waals surface area (Å²) in [5.74, 6) is 1.41. The lowest BCUT2D eigenvalue weighted by Gasteiger charge is -2.38. The van der Waals surface area contributed by atoms with Gasteiger partial charge in [0.05, 0.1) is 23.0 Å². The molecule has 2 aliphatic carbocycles. The second-order valence-electron chi connectivity index (χ2n) is 15.8. The van der Waals surface area contributed by atoms with Crippen LogP contribution in [-0.4, -0.2) is 16.8 Å². The molecule has 0 radical (unpaired) electrons. The molecule has 0 spiro atoms. The summed E-state index contributed by atoms with van der Waals surface area (Å²) in [5.41, 5.74) is 16.2. The summed E-state index contributed by atoms with van der Waals surface area (Å²) < 4.78 is 2.43. The van der Waals surface area contributed by atoms with Gasteiger partial charge >= 0.3 is 0 Å². The second kappa shape index (κ2) is 12.6. The molecule has 0 amide bonds. The summed E-state index contributed by atoms with van der Waals surface area (Å²) in [6.07, 6.45) is 18.1. The lowest BCUT2D eigenvalue weighted by atomic mass is 9.65. The Labute approximate surface area is 333 Å². The molecule has 4 unspecified atom stereocenters. The van der Waals surface area contributed by atoms with Crippen LogP contribution in [0.25, 0.3) is 33.8 Å². The van der Waals surface area contributed by atoms with Gasteiger partial charge in [-0.25, -0.2) is 0 Å². The van der Waals surface area contributed by atoms with Crippen molar-refractivity contribution in [2.75, 3.05) is 10.2 Å². The fourth-order valence-electron chi connectivity index (χ4n) is 10.6. The van der Waals surface area contributed by atoms with Crippen LogP contribution in [0.1, 0.15) is 52.6 Å². The van der Waals surface area contributed by atoms with Crippen LogP contribution in [0.15, 0.2) is 198 Å². The molecule has 0 saturated heterocycles. The fourth-order valence-corrected chi connectivity index (χ4v) is 10.6. The van der Waals surface area contributed by atoms with E-state index in [0.717, 1.165) is 24.3 Å². The summed E-state index contributed by atoms with van der Waals surface area (Å²) in [6, 6.07) is 56.3. The average molecular weight is 733 g/mol. The first-order valence-electron chi connectivity index (χ1n) is 20.2. The van der Waals surface area contributed by atoms with E-state index in [4.69, 9.17) is 0 Å². The molecule has 4 heteroatoms. The van der Waals surface area contributed by atoms with Crippen molar-refractivity contribution in [2.45, 2.75) is 36.3 Å². The third kappa shape index (κ3) is 4.64. The molecule has 1 aromatic heterocycles. The molecule has 0 fully saturated rings. The van der Waals surface area contributed by atoms with Crippen LogP contribution in [0, 0.1) is 0 Å². The Morgan fingerprint density at radius 2 is 1.39 bits per heavy atom. The molecule has 0 saturated carbocycles. The smallest absolute Gasteiger partial charge is 0.119 e. The summed E-state index contributed by atoms with van der Waals surface area (Å²) in [6.45, 7) is 0. The highest BCUT2D eigenvalue weighted by Gasteiger charge is 2.52. The molecule has 57 heavy (non-hydrogen) atoms. The first kappa shape index (κ1) is 32.3. The summed E-state index contributed by atoms with van der Waals surface area (Å²) in [7, 11) is 0. The zero-order chi connectivity index (χ0) is 37.5. The molecular formula is C53H40N4. The molecule has 4 heterocycles. The highest BCUT2D eigenvalue weighted by molar-refractivity contribution is 6.01. The van der Waals surface area contributed by atoms with Crippen LogP contribution in [-0.2, 0) is 5.41 Å². The molecule has 3 aliphatic heterocycles. The van der Waals surface area contributed by atoms with Gasteiger partial charge in [-0.05, 0) is 106 Å². The number of hydrogen-bond acceptors (Lipinski definition) is 3. The van der Waals surface area contributed by atoms with E-state index in [0.29, 0.717) is 0 Å². The normalized spacial score (nSPS) is 22.2. The van der Waals surface area contributed by atoms with Gasteiger partial charge in [0.25, 0.3) is 0 Å². The Hall–Kier alpha value is -6.91. The van der Waals surface area contributed by atoms with E-state index >= 15 is 0 Å². The maximum Gasteiger partial charge on any atom is 0.119 e. The SMILES string of the molecule is C1=CC(C2(c3ccccc3)C3=Cc4c(n(-c5ccc(-c6ccc(N7c8ccccc8C8C=NC=CC87)cc6)cc5)c5ccccc45)NC3c3ccccc32)=CCC1. The van der Waals surface area contributed by atoms with E-state index < -0.39 is 0 Å². The predicted molar refractivity (Wildman–Crippen MR) is 236 cm³/mol. The predicted octanol–water partition coefficient (Wildman–Crippen LogP) is 12.6. The minimum Gasteiger partial charge on any atom is -0.360 e. The van der Waals surface area contributed by atoms with E-state index in [2.05, 4.69) is 208 Å². The van der Waals surface area contributed by atoms with Gasteiger partial charge in [-0.1, -0.05) is 133 Å².